The minimum Gasteiger partial charge on any atom is -0.313 e. The van der Waals surface area contributed by atoms with Crippen LogP contribution in [0.3, 0.4) is 0 Å². The molecule has 2 nitrogen and oxygen atoms in total. The van der Waals surface area contributed by atoms with Crippen LogP contribution in [0.2, 0.25) is 0 Å². The van der Waals surface area contributed by atoms with E-state index in [1.807, 2.05) is 30.3 Å². The van der Waals surface area contributed by atoms with Gasteiger partial charge < -0.3 is 10.6 Å². The molecular weight excluding hydrogens is 263 g/mol. The Morgan fingerprint density at radius 3 is 2.38 bits per heavy atom. The van der Waals surface area contributed by atoms with E-state index in [2.05, 4.69) is 31.4 Å². The summed E-state index contributed by atoms with van der Waals surface area (Å²) in [4.78, 5) is 0. The number of benzene rings is 2. The summed E-state index contributed by atoms with van der Waals surface area (Å²) in [5, 5.41) is 8.60. The number of halogens is 1. The summed E-state index contributed by atoms with van der Waals surface area (Å²) in [6.45, 7) is 9.24. The molecular formula is C18H25FN2. The molecule has 2 N–H and O–H groups in total. The molecule has 0 atom stereocenters. The van der Waals surface area contributed by atoms with Gasteiger partial charge in [-0.25, -0.2) is 4.39 Å². The van der Waals surface area contributed by atoms with Crippen LogP contribution >= 0.6 is 0 Å². The SMILES string of the molecule is CC(C)(C)NCCCNCc1ccc(F)c2ccccc12. The molecule has 21 heavy (non-hydrogen) atoms. The van der Waals surface area contributed by atoms with Crippen molar-refractivity contribution in [1.82, 2.24) is 10.6 Å². The lowest BCUT2D eigenvalue weighted by molar-refractivity contribution is 0.418. The Morgan fingerprint density at radius 2 is 1.67 bits per heavy atom. The third-order valence-electron chi connectivity index (χ3n) is 3.46. The molecule has 2 rings (SSSR count). The van der Waals surface area contributed by atoms with Gasteiger partial charge in [-0.3, -0.25) is 0 Å². The molecule has 0 fully saturated rings. The maximum absolute atomic E-state index is 13.7. The molecule has 2 aromatic rings. The lowest BCUT2D eigenvalue weighted by Gasteiger charge is -2.20. The zero-order valence-corrected chi connectivity index (χ0v) is 13.2. The van der Waals surface area contributed by atoms with Crippen molar-refractivity contribution in [2.75, 3.05) is 13.1 Å². The van der Waals surface area contributed by atoms with E-state index in [4.69, 9.17) is 0 Å². The van der Waals surface area contributed by atoms with Crippen LogP contribution in [0.15, 0.2) is 36.4 Å². The summed E-state index contributed by atoms with van der Waals surface area (Å²) >= 11 is 0. The van der Waals surface area contributed by atoms with E-state index in [1.54, 1.807) is 6.07 Å². The minimum atomic E-state index is -0.149. The monoisotopic (exact) mass is 288 g/mol. The number of nitrogens with one attached hydrogen (secondary N) is 2. The summed E-state index contributed by atoms with van der Waals surface area (Å²) in [7, 11) is 0. The zero-order chi connectivity index (χ0) is 15.3. The van der Waals surface area contributed by atoms with Gasteiger partial charge in [0.05, 0.1) is 0 Å². The first-order chi connectivity index (χ1) is 9.97. The second kappa shape index (κ2) is 7.01. The third-order valence-corrected chi connectivity index (χ3v) is 3.46. The second-order valence-electron chi connectivity index (χ2n) is 6.46. The highest BCUT2D eigenvalue weighted by Gasteiger charge is 2.07. The number of hydrogen-bond donors (Lipinski definition) is 2. The number of hydrogen-bond acceptors (Lipinski definition) is 2. The molecule has 2 aromatic carbocycles. The maximum Gasteiger partial charge on any atom is 0.131 e. The van der Waals surface area contributed by atoms with E-state index in [0.29, 0.717) is 5.39 Å². The molecule has 0 amide bonds. The van der Waals surface area contributed by atoms with Crippen LogP contribution in [0.4, 0.5) is 4.39 Å². The summed E-state index contributed by atoms with van der Waals surface area (Å²) in [6.07, 6.45) is 1.08. The Kier molecular flexibility index (Phi) is 5.32. The summed E-state index contributed by atoms with van der Waals surface area (Å²) < 4.78 is 13.7. The molecule has 0 aliphatic heterocycles. The van der Waals surface area contributed by atoms with E-state index in [-0.39, 0.29) is 11.4 Å². The van der Waals surface area contributed by atoms with Crippen molar-refractivity contribution in [1.29, 1.82) is 0 Å². The molecule has 0 unspecified atom stereocenters. The van der Waals surface area contributed by atoms with Crippen LogP contribution in [-0.4, -0.2) is 18.6 Å². The molecule has 0 aliphatic rings. The Hall–Kier alpha value is -1.45. The van der Waals surface area contributed by atoms with Crippen LogP contribution in [0.25, 0.3) is 10.8 Å². The molecule has 0 spiro atoms. The first kappa shape index (κ1) is 15.9. The quantitative estimate of drug-likeness (QED) is 0.789. The molecule has 0 saturated carbocycles. The van der Waals surface area contributed by atoms with E-state index >= 15 is 0 Å². The largest absolute Gasteiger partial charge is 0.313 e. The van der Waals surface area contributed by atoms with Gasteiger partial charge in [0.25, 0.3) is 0 Å². The maximum atomic E-state index is 13.7. The molecule has 3 heteroatoms. The minimum absolute atomic E-state index is 0.149. The highest BCUT2D eigenvalue weighted by Crippen LogP contribution is 2.21. The van der Waals surface area contributed by atoms with Gasteiger partial charge in [0.2, 0.25) is 0 Å². The van der Waals surface area contributed by atoms with Crippen LogP contribution in [-0.2, 0) is 6.54 Å². The fourth-order valence-electron chi connectivity index (χ4n) is 2.38. The van der Waals surface area contributed by atoms with Crippen molar-refractivity contribution in [3.63, 3.8) is 0 Å². The van der Waals surface area contributed by atoms with Gasteiger partial charge in [-0.2, -0.15) is 0 Å². The average Bonchev–Trinajstić information content (AvgIpc) is 2.44. The van der Waals surface area contributed by atoms with Crippen LogP contribution < -0.4 is 10.6 Å². The van der Waals surface area contributed by atoms with Gasteiger partial charge in [0.1, 0.15) is 5.82 Å². The van der Waals surface area contributed by atoms with Crippen molar-refractivity contribution in [2.24, 2.45) is 0 Å². The van der Waals surface area contributed by atoms with Crippen molar-refractivity contribution in [3.05, 3.63) is 47.8 Å². The lowest BCUT2D eigenvalue weighted by Crippen LogP contribution is -2.37. The average molecular weight is 288 g/mol. The van der Waals surface area contributed by atoms with Crippen molar-refractivity contribution < 1.29 is 4.39 Å². The van der Waals surface area contributed by atoms with E-state index in [9.17, 15) is 4.39 Å². The zero-order valence-electron chi connectivity index (χ0n) is 13.2. The molecule has 0 aromatic heterocycles. The third kappa shape index (κ3) is 4.80. The van der Waals surface area contributed by atoms with Gasteiger partial charge >= 0.3 is 0 Å². The van der Waals surface area contributed by atoms with E-state index < -0.39 is 0 Å². The standard InChI is InChI=1S/C18H25FN2/c1-18(2,3)21-12-6-11-20-13-14-9-10-17(19)16-8-5-4-7-15(14)16/h4-5,7-10,20-21H,6,11-13H2,1-3H3. The Labute approximate surface area is 126 Å². The normalized spacial score (nSPS) is 12.0. The topological polar surface area (TPSA) is 24.1 Å². The molecule has 0 saturated heterocycles. The van der Waals surface area contributed by atoms with E-state index in [0.717, 1.165) is 37.0 Å². The first-order valence-electron chi connectivity index (χ1n) is 7.59. The molecule has 0 bridgehead atoms. The highest BCUT2D eigenvalue weighted by molar-refractivity contribution is 5.86. The van der Waals surface area contributed by atoms with Gasteiger partial charge in [-0.1, -0.05) is 30.3 Å². The fraction of sp³-hybridized carbons (Fsp3) is 0.444. The van der Waals surface area contributed by atoms with Gasteiger partial charge in [-0.05, 0) is 57.3 Å². The van der Waals surface area contributed by atoms with Gasteiger partial charge in [0, 0.05) is 17.5 Å². The molecule has 114 valence electrons. The summed E-state index contributed by atoms with van der Waals surface area (Å²) in [6, 6.07) is 11.1. The Bertz CT molecular complexity index is 587. The smallest absolute Gasteiger partial charge is 0.131 e. The summed E-state index contributed by atoms with van der Waals surface area (Å²) in [5.41, 5.74) is 1.32. The number of fused-ring (bicyclic) bond motifs is 1. The van der Waals surface area contributed by atoms with Crippen LogP contribution in [0, 0.1) is 5.82 Å². The second-order valence-corrected chi connectivity index (χ2v) is 6.46. The van der Waals surface area contributed by atoms with Crippen molar-refractivity contribution >= 4 is 10.8 Å². The summed E-state index contributed by atoms with van der Waals surface area (Å²) in [5.74, 6) is -0.149. The molecule has 0 heterocycles. The van der Waals surface area contributed by atoms with Crippen LogP contribution in [0.5, 0.6) is 0 Å². The van der Waals surface area contributed by atoms with Crippen molar-refractivity contribution in [2.45, 2.75) is 39.3 Å². The molecule has 0 radical (unpaired) electrons. The van der Waals surface area contributed by atoms with Crippen molar-refractivity contribution in [3.8, 4) is 0 Å². The molecule has 0 aliphatic carbocycles. The first-order valence-corrected chi connectivity index (χ1v) is 7.59. The fourth-order valence-corrected chi connectivity index (χ4v) is 2.38. The number of rotatable bonds is 6. The highest BCUT2D eigenvalue weighted by atomic mass is 19.1. The van der Waals surface area contributed by atoms with Gasteiger partial charge in [0.15, 0.2) is 0 Å². The Morgan fingerprint density at radius 1 is 0.952 bits per heavy atom. The van der Waals surface area contributed by atoms with Gasteiger partial charge in [-0.15, -0.1) is 0 Å². The predicted octanol–water partition coefficient (Wildman–Crippen LogP) is 3.85. The lowest BCUT2D eigenvalue weighted by atomic mass is 10.0. The van der Waals surface area contributed by atoms with E-state index in [1.165, 1.54) is 0 Å². The predicted molar refractivity (Wildman–Crippen MR) is 88.0 cm³/mol. The Balaban J connectivity index is 1.86. The van der Waals surface area contributed by atoms with Crippen LogP contribution in [0.1, 0.15) is 32.8 Å².